The average Bonchev–Trinajstić information content (AvgIpc) is 3.49. The molecule has 0 radical (unpaired) electrons. The molecule has 4 heterocycles. The number of anilines is 1. The molecule has 0 saturated carbocycles. The monoisotopic (exact) mass is 758 g/mol. The van der Waals surface area contributed by atoms with Gasteiger partial charge in [0.1, 0.15) is 22.1 Å². The third-order valence-electron chi connectivity index (χ3n) is 10.3. The van der Waals surface area contributed by atoms with Gasteiger partial charge in [0.15, 0.2) is 0 Å². The highest BCUT2D eigenvalue weighted by Crippen LogP contribution is 2.52. The van der Waals surface area contributed by atoms with Gasteiger partial charge in [-0.25, -0.2) is 9.78 Å². The van der Waals surface area contributed by atoms with E-state index in [9.17, 15) is 30.7 Å². The summed E-state index contributed by atoms with van der Waals surface area (Å²) in [5.74, 6) is 0.554. The van der Waals surface area contributed by atoms with Crippen molar-refractivity contribution in [1.82, 2.24) is 4.98 Å². The largest absolute Gasteiger partial charge is 0.457 e. The number of aromatic nitrogens is 1. The molecule has 8 rings (SSSR count). The molecule has 14 heteroatoms. The molecular formula is C38H34N2O9S3. The van der Waals surface area contributed by atoms with Crippen molar-refractivity contribution < 1.29 is 35.1 Å². The first kappa shape index (κ1) is 34.5. The molecular weight excluding hydrogens is 725 g/mol. The first-order valence-corrected chi connectivity index (χ1v) is 20.3. The van der Waals surface area contributed by atoms with Crippen LogP contribution >= 0.6 is 11.3 Å². The van der Waals surface area contributed by atoms with Crippen LogP contribution in [0.15, 0.2) is 91.8 Å². The van der Waals surface area contributed by atoms with Gasteiger partial charge in [-0.15, -0.1) is 11.3 Å². The molecule has 0 fully saturated rings. The smallest absolute Gasteiger partial charge is 0.346 e. The summed E-state index contributed by atoms with van der Waals surface area (Å²) in [4.78, 5) is 20.2. The predicted molar refractivity (Wildman–Crippen MR) is 200 cm³/mol. The van der Waals surface area contributed by atoms with Gasteiger partial charge in [-0.2, -0.15) is 16.8 Å². The molecule has 0 bridgehead atoms. The number of hydrogen-bond acceptors (Lipinski definition) is 10. The molecule has 2 aliphatic heterocycles. The van der Waals surface area contributed by atoms with Crippen LogP contribution in [0.25, 0.3) is 42.9 Å². The summed E-state index contributed by atoms with van der Waals surface area (Å²) in [6.07, 6.45) is 1.99. The van der Waals surface area contributed by atoms with E-state index in [0.717, 1.165) is 41.6 Å². The van der Waals surface area contributed by atoms with E-state index >= 15 is 0 Å². The van der Waals surface area contributed by atoms with Gasteiger partial charge in [0, 0.05) is 41.4 Å². The van der Waals surface area contributed by atoms with Gasteiger partial charge in [0.05, 0.1) is 25.6 Å². The summed E-state index contributed by atoms with van der Waals surface area (Å²) in [5.41, 5.74) is 5.02. The fourth-order valence-corrected chi connectivity index (χ4v) is 9.24. The van der Waals surface area contributed by atoms with Gasteiger partial charge in [-0.05, 0) is 89.4 Å². The van der Waals surface area contributed by atoms with Gasteiger partial charge in [-0.3, -0.25) is 9.11 Å². The lowest BCUT2D eigenvalue weighted by molar-refractivity contribution is 0.398. The number of thiazole rings is 1. The second kappa shape index (κ2) is 11.7. The Labute approximate surface area is 304 Å². The molecule has 0 spiro atoms. The Bertz CT molecular complexity index is 2750. The standard InChI is InChI=1S/C38H34N2O9S3/c1-37(2)13-15-40-16-14-38(3,4)32-33(40)28(37)18-22-17-27(36(41)49-34(22)32)35-39-29-19-23(7-12-31(29)50-35)48-30-11-10-25(52(45,46)47)20-26(30)21-5-8-24(9-6-21)51(42,43)44/h5-12,17-20H,13-16H2,1-4H3,(H,42,43,44)(H,45,46,47). The van der Waals surface area contributed by atoms with Crippen LogP contribution in [-0.4, -0.2) is 44.0 Å². The Kier molecular flexibility index (Phi) is 7.76. The van der Waals surface area contributed by atoms with Crippen LogP contribution in [-0.2, 0) is 31.1 Å². The number of hydrogen-bond donors (Lipinski definition) is 2. The van der Waals surface area contributed by atoms with E-state index < -0.39 is 30.8 Å². The second-order valence-electron chi connectivity index (χ2n) is 14.7. The lowest BCUT2D eigenvalue weighted by atomic mass is 9.69. The second-order valence-corrected chi connectivity index (χ2v) is 18.5. The predicted octanol–water partition coefficient (Wildman–Crippen LogP) is 8.19. The lowest BCUT2D eigenvalue weighted by Gasteiger charge is -2.48. The SMILES string of the molecule is CC1(C)CCN2CCC(C)(C)c3c2c1cc1cc(-c2nc4cc(Oc5ccc(S(=O)(=O)O)cc5-c5ccc(S(=O)(=O)O)cc5)ccc4s2)c(=O)oc31. The average molecular weight is 759 g/mol. The van der Waals surface area contributed by atoms with E-state index in [0.29, 0.717) is 33.0 Å². The van der Waals surface area contributed by atoms with Gasteiger partial charge in [0.25, 0.3) is 20.2 Å². The Balaban J connectivity index is 1.19. The molecule has 0 saturated heterocycles. The Morgan fingerprint density at radius 3 is 2.17 bits per heavy atom. The van der Waals surface area contributed by atoms with E-state index in [2.05, 4.69) is 38.7 Å². The molecule has 2 N–H and O–H groups in total. The van der Waals surface area contributed by atoms with Crippen LogP contribution < -0.4 is 15.3 Å². The Morgan fingerprint density at radius 1 is 0.808 bits per heavy atom. The number of fused-ring (bicyclic) bond motifs is 3. The minimum atomic E-state index is -4.58. The van der Waals surface area contributed by atoms with Crippen molar-refractivity contribution in [3.63, 3.8) is 0 Å². The van der Waals surface area contributed by atoms with Gasteiger partial charge >= 0.3 is 5.63 Å². The summed E-state index contributed by atoms with van der Waals surface area (Å²) < 4.78 is 79.4. The number of nitrogens with zero attached hydrogens (tertiary/aromatic N) is 2. The topological polar surface area (TPSA) is 164 Å². The van der Waals surface area contributed by atoms with Crippen LogP contribution in [0, 0.1) is 0 Å². The quantitative estimate of drug-likeness (QED) is 0.124. The minimum absolute atomic E-state index is 0.0409. The summed E-state index contributed by atoms with van der Waals surface area (Å²) >= 11 is 1.35. The summed E-state index contributed by atoms with van der Waals surface area (Å²) in [5, 5.41) is 1.36. The fraction of sp³-hybridized carbons (Fsp3) is 0.263. The third-order valence-corrected chi connectivity index (χ3v) is 13.0. The van der Waals surface area contributed by atoms with E-state index in [-0.39, 0.29) is 27.0 Å². The zero-order chi connectivity index (χ0) is 37.0. The number of rotatable bonds is 6. The third kappa shape index (κ3) is 5.88. The van der Waals surface area contributed by atoms with Crippen molar-refractivity contribution in [3.8, 4) is 33.2 Å². The van der Waals surface area contributed by atoms with E-state index in [1.54, 1.807) is 12.1 Å². The molecule has 0 atom stereocenters. The number of ether oxygens (including phenoxy) is 1. The van der Waals surface area contributed by atoms with E-state index in [1.165, 1.54) is 65.1 Å². The zero-order valence-corrected chi connectivity index (χ0v) is 31.1. The van der Waals surface area contributed by atoms with Gasteiger partial charge < -0.3 is 14.1 Å². The molecule has 0 unspecified atom stereocenters. The highest BCUT2D eigenvalue weighted by molar-refractivity contribution is 7.86. The van der Waals surface area contributed by atoms with Crippen molar-refractivity contribution in [2.45, 2.75) is 61.2 Å². The van der Waals surface area contributed by atoms with Crippen LogP contribution in [0.4, 0.5) is 5.69 Å². The Morgan fingerprint density at radius 2 is 1.48 bits per heavy atom. The molecule has 52 heavy (non-hydrogen) atoms. The van der Waals surface area contributed by atoms with Crippen molar-refractivity contribution in [3.05, 3.63) is 94.3 Å². The summed E-state index contributed by atoms with van der Waals surface area (Å²) in [6, 6.07) is 18.1. The summed E-state index contributed by atoms with van der Waals surface area (Å²) in [7, 11) is -9.04. The molecule has 4 aromatic carbocycles. The lowest BCUT2D eigenvalue weighted by Crippen LogP contribution is -2.44. The maximum atomic E-state index is 13.7. The van der Waals surface area contributed by atoms with E-state index in [4.69, 9.17) is 14.1 Å². The maximum Gasteiger partial charge on any atom is 0.346 e. The van der Waals surface area contributed by atoms with Crippen molar-refractivity contribution in [2.24, 2.45) is 0 Å². The van der Waals surface area contributed by atoms with Crippen molar-refractivity contribution in [2.75, 3.05) is 18.0 Å². The van der Waals surface area contributed by atoms with Crippen LogP contribution in [0.2, 0.25) is 0 Å². The first-order chi connectivity index (χ1) is 24.4. The molecule has 11 nitrogen and oxygen atoms in total. The van der Waals surface area contributed by atoms with Crippen LogP contribution in [0.5, 0.6) is 11.5 Å². The fourth-order valence-electron chi connectivity index (χ4n) is 7.30. The molecule has 0 aliphatic carbocycles. The van der Waals surface area contributed by atoms with Crippen LogP contribution in [0.3, 0.4) is 0 Å². The summed E-state index contributed by atoms with van der Waals surface area (Å²) in [6.45, 7) is 10.9. The molecule has 2 aliphatic rings. The van der Waals surface area contributed by atoms with Gasteiger partial charge in [-0.1, -0.05) is 39.8 Å². The van der Waals surface area contributed by atoms with Crippen molar-refractivity contribution >= 4 is 58.4 Å². The van der Waals surface area contributed by atoms with Crippen molar-refractivity contribution in [1.29, 1.82) is 0 Å². The normalized spacial score (nSPS) is 16.6. The molecule has 2 aromatic heterocycles. The first-order valence-electron chi connectivity index (χ1n) is 16.6. The number of benzene rings is 4. The van der Waals surface area contributed by atoms with Crippen LogP contribution in [0.1, 0.15) is 51.7 Å². The minimum Gasteiger partial charge on any atom is -0.457 e. The molecule has 0 amide bonds. The van der Waals surface area contributed by atoms with Gasteiger partial charge in [0.2, 0.25) is 0 Å². The zero-order valence-electron chi connectivity index (χ0n) is 28.6. The Hall–Kier alpha value is -4.60. The van der Waals surface area contributed by atoms with E-state index in [1.807, 2.05) is 12.1 Å². The molecule has 268 valence electrons. The molecule has 6 aromatic rings. The highest BCUT2D eigenvalue weighted by Gasteiger charge is 2.42. The highest BCUT2D eigenvalue weighted by atomic mass is 32.2. The maximum absolute atomic E-state index is 13.7.